The van der Waals surface area contributed by atoms with Gasteiger partial charge in [-0.15, -0.1) is 0 Å². The Bertz CT molecular complexity index is 1160. The molecule has 0 amide bonds. The molecule has 0 spiro atoms. The predicted octanol–water partition coefficient (Wildman–Crippen LogP) is 3.96. The molecule has 0 saturated carbocycles. The Balaban J connectivity index is 2.15. The number of benzene rings is 3. The fourth-order valence-electron chi connectivity index (χ4n) is 3.03. The van der Waals surface area contributed by atoms with Gasteiger partial charge in [-0.3, -0.25) is 0 Å². The third-order valence-corrected chi connectivity index (χ3v) is 4.14. The number of nitrogens with two attached hydrogens (primary N) is 1. The molecule has 5 heteroatoms. The number of carboxylic acids is 1. The normalized spacial score (nSPS) is 11.0. The molecule has 4 N–H and O–H groups in total. The van der Waals surface area contributed by atoms with E-state index in [2.05, 4.69) is 0 Å². The topological polar surface area (TPSA) is 100 Å². The average molecular weight is 330 g/mol. The van der Waals surface area contributed by atoms with Gasteiger partial charge in [-0.1, -0.05) is 12.1 Å². The minimum absolute atomic E-state index is 0.215. The van der Waals surface area contributed by atoms with Gasteiger partial charge in [-0.05, 0) is 42.0 Å². The summed E-state index contributed by atoms with van der Waals surface area (Å²) in [6.07, 6.45) is 0. The quantitative estimate of drug-likeness (QED) is 0.382. The zero-order chi connectivity index (χ0) is 17.6. The Kier molecular flexibility index (Phi) is 3.28. The molecule has 0 fully saturated rings. The smallest absolute Gasteiger partial charge is 0.335 e. The second-order valence-electron chi connectivity index (χ2n) is 5.83. The second-order valence-corrected chi connectivity index (χ2v) is 5.83. The highest BCUT2D eigenvalue weighted by molar-refractivity contribution is 6.03. The summed E-state index contributed by atoms with van der Waals surface area (Å²) >= 11 is 0. The van der Waals surface area contributed by atoms with Crippen molar-refractivity contribution in [3.63, 3.8) is 0 Å². The number of hydrogen-bond acceptors (Lipinski definition) is 4. The lowest BCUT2D eigenvalue weighted by Gasteiger charge is -2.15. The number of aromatic carboxylic acids is 1. The molecule has 5 nitrogen and oxygen atoms in total. The molecule has 2 aromatic carbocycles. The standard InChI is InChI=1S/C20H14N2O3/c21-13-4-6-15-17(9-13)25-18-10-14(22)5-7-16(18)19(15)11-2-1-3-12(8-11)20(23)24/h1-10,21H,22H2,(H,23,24). The third kappa shape index (κ3) is 2.52. The Morgan fingerprint density at radius 2 is 1.88 bits per heavy atom. The van der Waals surface area contributed by atoms with Crippen LogP contribution in [0, 0.1) is 5.41 Å². The summed E-state index contributed by atoms with van der Waals surface area (Å²) in [5.74, 6) is -0.421. The highest BCUT2D eigenvalue weighted by Crippen LogP contribution is 2.40. The van der Waals surface area contributed by atoms with E-state index in [1.807, 2.05) is 18.2 Å². The molecule has 122 valence electrons. The summed E-state index contributed by atoms with van der Waals surface area (Å²) in [7, 11) is 0. The van der Waals surface area contributed by atoms with Gasteiger partial charge in [0.15, 0.2) is 0 Å². The van der Waals surface area contributed by atoms with Crippen LogP contribution in [0.25, 0.3) is 33.4 Å². The molecule has 25 heavy (non-hydrogen) atoms. The number of anilines is 1. The molecule has 0 atom stereocenters. The van der Waals surface area contributed by atoms with E-state index in [-0.39, 0.29) is 5.56 Å². The molecular weight excluding hydrogens is 316 g/mol. The highest BCUT2D eigenvalue weighted by Gasteiger charge is 2.17. The van der Waals surface area contributed by atoms with Crippen LogP contribution in [0.2, 0.25) is 0 Å². The zero-order valence-corrected chi connectivity index (χ0v) is 13.1. The minimum Gasteiger partial charge on any atom is -0.478 e. The SMILES string of the molecule is N=c1ccc2c(-c3cccc(C(=O)O)c3)c3ccc(N)cc3oc-2c1. The first-order chi connectivity index (χ1) is 12.0. The van der Waals surface area contributed by atoms with Crippen molar-refractivity contribution in [3.05, 3.63) is 71.6 Å². The molecule has 0 unspecified atom stereocenters. The lowest BCUT2D eigenvalue weighted by molar-refractivity contribution is 0.0697. The van der Waals surface area contributed by atoms with Crippen LogP contribution in [0.3, 0.4) is 0 Å². The molecule has 0 bridgehead atoms. The first-order valence-electron chi connectivity index (χ1n) is 7.67. The monoisotopic (exact) mass is 330 g/mol. The van der Waals surface area contributed by atoms with E-state index < -0.39 is 5.97 Å². The highest BCUT2D eigenvalue weighted by atomic mass is 16.4. The molecule has 1 aliphatic heterocycles. The van der Waals surface area contributed by atoms with Crippen molar-refractivity contribution in [1.82, 2.24) is 0 Å². The van der Waals surface area contributed by atoms with Crippen molar-refractivity contribution >= 4 is 22.6 Å². The molecule has 2 aliphatic rings. The summed E-state index contributed by atoms with van der Waals surface area (Å²) in [6, 6.07) is 17.3. The summed E-state index contributed by atoms with van der Waals surface area (Å²) in [6.45, 7) is 0. The second kappa shape index (κ2) is 5.49. The first kappa shape index (κ1) is 15.0. The van der Waals surface area contributed by atoms with Gasteiger partial charge < -0.3 is 20.7 Å². The maximum absolute atomic E-state index is 11.3. The summed E-state index contributed by atoms with van der Waals surface area (Å²) in [5.41, 5.74) is 9.70. The van der Waals surface area contributed by atoms with E-state index >= 15 is 0 Å². The number of carboxylic acid groups (broad SMARTS) is 1. The predicted molar refractivity (Wildman–Crippen MR) is 95.5 cm³/mol. The maximum atomic E-state index is 11.3. The van der Waals surface area contributed by atoms with Crippen molar-refractivity contribution in [1.29, 1.82) is 5.41 Å². The van der Waals surface area contributed by atoms with Gasteiger partial charge in [0, 0.05) is 34.3 Å². The third-order valence-electron chi connectivity index (χ3n) is 4.14. The lowest BCUT2D eigenvalue weighted by Crippen LogP contribution is -2.01. The van der Waals surface area contributed by atoms with Gasteiger partial charge in [0.05, 0.1) is 10.9 Å². The number of hydrogen-bond donors (Lipinski definition) is 3. The molecule has 2 aromatic rings. The van der Waals surface area contributed by atoms with Crippen LogP contribution in [-0.4, -0.2) is 11.1 Å². The van der Waals surface area contributed by atoms with Crippen LogP contribution in [-0.2, 0) is 0 Å². The van der Waals surface area contributed by atoms with E-state index in [0.717, 1.165) is 22.1 Å². The number of nitrogens with one attached hydrogen (secondary N) is 1. The molecule has 1 aliphatic carbocycles. The average Bonchev–Trinajstić information content (AvgIpc) is 2.59. The lowest BCUT2D eigenvalue weighted by atomic mass is 9.92. The van der Waals surface area contributed by atoms with Gasteiger partial charge in [0.25, 0.3) is 0 Å². The number of fused-ring (bicyclic) bond motifs is 2. The van der Waals surface area contributed by atoms with Gasteiger partial charge in [-0.25, -0.2) is 4.79 Å². The van der Waals surface area contributed by atoms with E-state index in [1.165, 1.54) is 0 Å². The molecule has 0 radical (unpaired) electrons. The Morgan fingerprint density at radius 3 is 2.68 bits per heavy atom. The van der Waals surface area contributed by atoms with Crippen LogP contribution in [0.5, 0.6) is 0 Å². The van der Waals surface area contributed by atoms with E-state index in [0.29, 0.717) is 22.4 Å². The van der Waals surface area contributed by atoms with Crippen molar-refractivity contribution in [2.45, 2.75) is 0 Å². The molecular formula is C20H14N2O3. The Hall–Kier alpha value is -3.60. The first-order valence-corrected chi connectivity index (χ1v) is 7.67. The van der Waals surface area contributed by atoms with Gasteiger partial charge in [0.2, 0.25) is 0 Å². The van der Waals surface area contributed by atoms with Crippen molar-refractivity contribution < 1.29 is 14.3 Å². The molecule has 0 saturated heterocycles. The van der Waals surface area contributed by atoms with Gasteiger partial charge >= 0.3 is 5.97 Å². The fourth-order valence-corrected chi connectivity index (χ4v) is 3.03. The van der Waals surface area contributed by atoms with Crippen molar-refractivity contribution in [2.75, 3.05) is 5.73 Å². The number of rotatable bonds is 2. The van der Waals surface area contributed by atoms with Crippen LogP contribution in [0.15, 0.2) is 65.1 Å². The molecule has 4 rings (SSSR count). The van der Waals surface area contributed by atoms with Gasteiger partial charge in [-0.2, -0.15) is 0 Å². The number of nitrogen functional groups attached to an aromatic ring is 1. The summed E-state index contributed by atoms with van der Waals surface area (Å²) in [5, 5.41) is 18.3. The minimum atomic E-state index is -0.978. The van der Waals surface area contributed by atoms with Crippen LogP contribution in [0.1, 0.15) is 10.4 Å². The van der Waals surface area contributed by atoms with Crippen molar-refractivity contribution in [3.8, 4) is 22.5 Å². The fraction of sp³-hybridized carbons (Fsp3) is 0. The molecule has 0 aromatic heterocycles. The zero-order valence-electron chi connectivity index (χ0n) is 13.1. The van der Waals surface area contributed by atoms with Gasteiger partial charge in [0.1, 0.15) is 11.3 Å². The Morgan fingerprint density at radius 1 is 1.04 bits per heavy atom. The van der Waals surface area contributed by atoms with Crippen LogP contribution in [0.4, 0.5) is 5.69 Å². The number of carbonyl (C=O) groups is 1. The summed E-state index contributed by atoms with van der Waals surface area (Å²) < 4.78 is 5.93. The Labute approximate surface area is 142 Å². The molecule has 1 heterocycles. The van der Waals surface area contributed by atoms with Crippen molar-refractivity contribution in [2.24, 2.45) is 0 Å². The van der Waals surface area contributed by atoms with E-state index in [4.69, 9.17) is 15.6 Å². The van der Waals surface area contributed by atoms with E-state index in [9.17, 15) is 9.90 Å². The largest absolute Gasteiger partial charge is 0.478 e. The van der Waals surface area contributed by atoms with E-state index in [1.54, 1.807) is 42.5 Å². The van der Waals surface area contributed by atoms with Crippen LogP contribution < -0.4 is 11.1 Å². The van der Waals surface area contributed by atoms with Crippen LogP contribution >= 0.6 is 0 Å². The summed E-state index contributed by atoms with van der Waals surface area (Å²) in [4.78, 5) is 11.3. The maximum Gasteiger partial charge on any atom is 0.335 e.